The average molecular weight is 282 g/mol. The number of amides is 2. The summed E-state index contributed by atoms with van der Waals surface area (Å²) < 4.78 is 0. The molecule has 6 heteroatoms. The van der Waals surface area contributed by atoms with Crippen LogP contribution in [0.3, 0.4) is 0 Å². The predicted octanol–water partition coefficient (Wildman–Crippen LogP) is 0.770. The number of rotatable bonds is 3. The lowest BCUT2D eigenvalue weighted by Crippen LogP contribution is -2.40. The monoisotopic (exact) mass is 282 g/mol. The number of carbonyl (C=O) groups excluding carboxylic acids is 2. The maximum absolute atomic E-state index is 11.9. The molecular weight excluding hydrogens is 264 g/mol. The number of nitrogens with zero attached hydrogens (tertiary/aromatic N) is 1. The second-order valence-electron chi connectivity index (χ2n) is 5.16. The summed E-state index contributed by atoms with van der Waals surface area (Å²) in [6.45, 7) is 4.50. The summed E-state index contributed by atoms with van der Waals surface area (Å²) in [4.78, 5) is 26.9. The van der Waals surface area contributed by atoms with Crippen LogP contribution >= 0.6 is 11.3 Å². The number of β-amino-alcohol motifs (C(OH)–C–C–N with tert-alkyl or cyclic N) is 1. The molecule has 1 aliphatic heterocycles. The van der Waals surface area contributed by atoms with E-state index in [2.05, 4.69) is 5.32 Å². The van der Waals surface area contributed by atoms with Gasteiger partial charge in [-0.2, -0.15) is 0 Å². The van der Waals surface area contributed by atoms with Crippen molar-refractivity contribution in [2.75, 3.05) is 19.6 Å². The molecule has 0 spiro atoms. The van der Waals surface area contributed by atoms with Crippen molar-refractivity contribution in [3.8, 4) is 0 Å². The Balaban J connectivity index is 1.83. The van der Waals surface area contributed by atoms with E-state index in [0.717, 1.165) is 4.88 Å². The average Bonchev–Trinajstić information content (AvgIpc) is 2.91. The van der Waals surface area contributed by atoms with Gasteiger partial charge in [-0.25, -0.2) is 0 Å². The van der Waals surface area contributed by atoms with Crippen molar-refractivity contribution in [1.29, 1.82) is 0 Å². The van der Waals surface area contributed by atoms with Gasteiger partial charge < -0.3 is 15.3 Å². The summed E-state index contributed by atoms with van der Waals surface area (Å²) in [5.41, 5.74) is -0.801. The van der Waals surface area contributed by atoms with E-state index >= 15 is 0 Å². The third-order valence-corrected chi connectivity index (χ3v) is 4.17. The first-order chi connectivity index (χ1) is 8.87. The van der Waals surface area contributed by atoms with Gasteiger partial charge >= 0.3 is 0 Å². The molecule has 1 aromatic heterocycles. The van der Waals surface area contributed by atoms with Crippen LogP contribution in [0.1, 0.15) is 27.9 Å². The van der Waals surface area contributed by atoms with Gasteiger partial charge in [-0.15, -0.1) is 11.3 Å². The number of carbonyl (C=O) groups is 2. The quantitative estimate of drug-likeness (QED) is 0.860. The van der Waals surface area contributed by atoms with Crippen molar-refractivity contribution in [1.82, 2.24) is 10.2 Å². The second kappa shape index (κ2) is 5.30. The zero-order valence-corrected chi connectivity index (χ0v) is 11.9. The van der Waals surface area contributed by atoms with Crippen LogP contribution in [-0.2, 0) is 4.79 Å². The van der Waals surface area contributed by atoms with Gasteiger partial charge in [-0.1, -0.05) is 0 Å². The number of aryl methyl sites for hydroxylation is 1. The van der Waals surface area contributed by atoms with Gasteiger partial charge in [0.2, 0.25) is 5.91 Å². The van der Waals surface area contributed by atoms with E-state index in [1.807, 2.05) is 13.0 Å². The Morgan fingerprint density at radius 2 is 2.26 bits per heavy atom. The smallest absolute Gasteiger partial charge is 0.261 e. The SMILES string of the molecule is Cc1ccc(C(=O)NCC(=O)N2CCC(C)(O)C2)s1. The molecule has 0 aromatic carbocycles. The van der Waals surface area contributed by atoms with Gasteiger partial charge in [-0.05, 0) is 32.4 Å². The van der Waals surface area contributed by atoms with Gasteiger partial charge in [0.15, 0.2) is 0 Å². The lowest BCUT2D eigenvalue weighted by Gasteiger charge is -2.19. The summed E-state index contributed by atoms with van der Waals surface area (Å²) >= 11 is 1.40. The normalized spacial score (nSPS) is 22.6. The minimum absolute atomic E-state index is 0.0220. The minimum Gasteiger partial charge on any atom is -0.388 e. The van der Waals surface area contributed by atoms with Crippen LogP contribution in [0.15, 0.2) is 12.1 Å². The standard InChI is InChI=1S/C13H18N2O3S/c1-9-3-4-10(19-9)12(17)14-7-11(16)15-6-5-13(2,18)8-15/h3-4,18H,5-8H2,1-2H3,(H,14,17). The molecule has 2 rings (SSSR count). The highest BCUT2D eigenvalue weighted by molar-refractivity contribution is 7.13. The van der Waals surface area contributed by atoms with Gasteiger partial charge in [-0.3, -0.25) is 9.59 Å². The van der Waals surface area contributed by atoms with Gasteiger partial charge in [0.1, 0.15) is 0 Å². The fourth-order valence-electron chi connectivity index (χ4n) is 2.07. The van der Waals surface area contributed by atoms with E-state index in [1.165, 1.54) is 11.3 Å². The van der Waals surface area contributed by atoms with Gasteiger partial charge in [0.25, 0.3) is 5.91 Å². The molecular formula is C13H18N2O3S. The molecule has 1 aliphatic rings. The van der Waals surface area contributed by atoms with E-state index in [9.17, 15) is 14.7 Å². The first kappa shape index (κ1) is 14.0. The summed E-state index contributed by atoms with van der Waals surface area (Å²) in [5, 5.41) is 12.4. The first-order valence-corrected chi connectivity index (χ1v) is 7.04. The van der Waals surface area contributed by atoms with Crippen molar-refractivity contribution in [2.24, 2.45) is 0 Å². The predicted molar refractivity (Wildman–Crippen MR) is 73.2 cm³/mol. The molecule has 0 aliphatic carbocycles. The van der Waals surface area contributed by atoms with Gasteiger partial charge in [0, 0.05) is 18.0 Å². The fraction of sp³-hybridized carbons (Fsp3) is 0.538. The Morgan fingerprint density at radius 1 is 1.53 bits per heavy atom. The summed E-state index contributed by atoms with van der Waals surface area (Å²) in [6.07, 6.45) is 0.580. The second-order valence-corrected chi connectivity index (χ2v) is 6.44. The largest absolute Gasteiger partial charge is 0.388 e. The molecule has 0 bridgehead atoms. The Bertz CT molecular complexity index is 496. The molecule has 2 N–H and O–H groups in total. The first-order valence-electron chi connectivity index (χ1n) is 6.22. The number of likely N-dealkylation sites (tertiary alicyclic amines) is 1. The topological polar surface area (TPSA) is 69.6 Å². The van der Waals surface area contributed by atoms with Crippen LogP contribution in [0.4, 0.5) is 0 Å². The fourth-order valence-corrected chi connectivity index (χ4v) is 2.85. The molecule has 2 heterocycles. The zero-order valence-electron chi connectivity index (χ0n) is 11.1. The molecule has 0 saturated carbocycles. The van der Waals surface area contributed by atoms with Crippen LogP contribution in [0.5, 0.6) is 0 Å². The highest BCUT2D eigenvalue weighted by Gasteiger charge is 2.33. The van der Waals surface area contributed by atoms with Crippen molar-refractivity contribution in [3.05, 3.63) is 21.9 Å². The van der Waals surface area contributed by atoms with Crippen molar-refractivity contribution in [2.45, 2.75) is 25.9 Å². The summed E-state index contributed by atoms with van der Waals surface area (Å²) in [5.74, 6) is -0.378. The molecule has 0 radical (unpaired) electrons. The summed E-state index contributed by atoms with van der Waals surface area (Å²) in [6, 6.07) is 3.62. The number of hydrogen-bond donors (Lipinski definition) is 2. The van der Waals surface area contributed by atoms with Crippen molar-refractivity contribution < 1.29 is 14.7 Å². The van der Waals surface area contributed by atoms with Crippen molar-refractivity contribution in [3.63, 3.8) is 0 Å². The number of hydrogen-bond acceptors (Lipinski definition) is 4. The molecule has 2 amide bonds. The van der Waals surface area contributed by atoms with E-state index in [0.29, 0.717) is 24.4 Å². The number of thiophene rings is 1. The molecule has 1 aromatic rings. The molecule has 1 unspecified atom stereocenters. The van der Waals surface area contributed by atoms with Crippen LogP contribution in [0, 0.1) is 6.92 Å². The maximum Gasteiger partial charge on any atom is 0.261 e. The van der Waals surface area contributed by atoms with Gasteiger partial charge in [0.05, 0.1) is 17.0 Å². The van der Waals surface area contributed by atoms with E-state index in [-0.39, 0.29) is 18.4 Å². The Morgan fingerprint density at radius 3 is 2.79 bits per heavy atom. The van der Waals surface area contributed by atoms with Crippen LogP contribution in [0.25, 0.3) is 0 Å². The molecule has 1 saturated heterocycles. The molecule has 19 heavy (non-hydrogen) atoms. The highest BCUT2D eigenvalue weighted by atomic mass is 32.1. The van der Waals surface area contributed by atoms with Crippen LogP contribution in [0.2, 0.25) is 0 Å². The highest BCUT2D eigenvalue weighted by Crippen LogP contribution is 2.20. The minimum atomic E-state index is -0.801. The Hall–Kier alpha value is -1.40. The van der Waals surface area contributed by atoms with E-state index < -0.39 is 5.60 Å². The molecule has 5 nitrogen and oxygen atoms in total. The lowest BCUT2D eigenvalue weighted by atomic mass is 10.1. The summed E-state index contributed by atoms with van der Waals surface area (Å²) in [7, 11) is 0. The van der Waals surface area contributed by atoms with E-state index in [1.54, 1.807) is 17.9 Å². The third-order valence-electron chi connectivity index (χ3n) is 3.17. The van der Waals surface area contributed by atoms with E-state index in [4.69, 9.17) is 0 Å². The van der Waals surface area contributed by atoms with Crippen molar-refractivity contribution >= 4 is 23.2 Å². The Kier molecular flexibility index (Phi) is 3.91. The molecule has 104 valence electrons. The lowest BCUT2D eigenvalue weighted by molar-refractivity contribution is -0.129. The third kappa shape index (κ3) is 3.54. The maximum atomic E-state index is 11.9. The molecule has 1 fully saturated rings. The number of nitrogens with one attached hydrogen (secondary N) is 1. The van der Waals surface area contributed by atoms with Crippen LogP contribution in [-0.4, -0.2) is 47.1 Å². The Labute approximate surface area is 116 Å². The van der Waals surface area contributed by atoms with Crippen LogP contribution < -0.4 is 5.32 Å². The zero-order chi connectivity index (χ0) is 14.0. The molecule has 1 atom stereocenters. The number of aliphatic hydroxyl groups is 1.